The van der Waals surface area contributed by atoms with E-state index in [0.717, 1.165) is 26.9 Å². The quantitative estimate of drug-likeness (QED) is 0.172. The van der Waals surface area contributed by atoms with E-state index < -0.39 is 107 Å². The summed E-state index contributed by atoms with van der Waals surface area (Å²) >= 11 is 0. The molecule has 0 saturated carbocycles. The molecule has 1 aromatic heterocycles. The van der Waals surface area contributed by atoms with Crippen LogP contribution in [0.5, 0.6) is 0 Å². The van der Waals surface area contributed by atoms with Crippen molar-refractivity contribution in [1.29, 1.82) is 0 Å². The smallest absolute Gasteiger partial charge is 0.136 e. The van der Waals surface area contributed by atoms with Gasteiger partial charge in [-0.05, 0) is 111 Å². The van der Waals surface area contributed by atoms with E-state index in [-0.39, 0.29) is 32.7 Å². The summed E-state index contributed by atoms with van der Waals surface area (Å²) in [5.74, 6) is 0. The Bertz CT molecular complexity index is 3980. The van der Waals surface area contributed by atoms with Gasteiger partial charge in [0.05, 0.1) is 20.6 Å². The molecule has 10 aromatic carbocycles. The summed E-state index contributed by atoms with van der Waals surface area (Å²) in [6.45, 7) is 0. The van der Waals surface area contributed by atoms with Gasteiger partial charge in [0.2, 0.25) is 0 Å². The Morgan fingerprint density at radius 3 is 1.76 bits per heavy atom. The molecule has 11 rings (SSSR count). The van der Waals surface area contributed by atoms with Crippen LogP contribution in [0.3, 0.4) is 0 Å². The standard InChI is InChI=1S/C50H30O/c1-2-14-34-29-35(22-21-31(34)11-1)48-39-17-7-9-19-41(39)49(42-20-10-8-18-40(42)48)44-27-23-32-12-3-5-15-37(32)47(44)36-24-26-43-46(30-36)51-45-28-25-33-13-4-6-16-38(33)50(43)45/h1-30H/i1D,2D,7D,8D,9D,10D,11D,14D,17D,18D,19D,20D,21D,22D,29D. The Balaban J connectivity index is 1.37. The van der Waals surface area contributed by atoms with Gasteiger partial charge < -0.3 is 4.42 Å². The fourth-order valence-electron chi connectivity index (χ4n) is 7.54. The van der Waals surface area contributed by atoms with Crippen molar-refractivity contribution in [2.75, 3.05) is 0 Å². The van der Waals surface area contributed by atoms with E-state index in [1.165, 1.54) is 0 Å². The van der Waals surface area contributed by atoms with Crippen LogP contribution in [0.15, 0.2) is 186 Å². The average Bonchev–Trinajstić information content (AvgIpc) is 3.71. The Morgan fingerprint density at radius 1 is 0.373 bits per heavy atom. The molecule has 0 unspecified atom stereocenters. The second kappa shape index (κ2) is 10.9. The Hall–Kier alpha value is -6.70. The van der Waals surface area contributed by atoms with E-state index >= 15 is 0 Å². The predicted octanol–water partition coefficient (Wildman–Crippen LogP) is 14.4. The van der Waals surface area contributed by atoms with Gasteiger partial charge in [0.25, 0.3) is 0 Å². The summed E-state index contributed by atoms with van der Waals surface area (Å²) < 4.78 is 143. The third-order valence-electron chi connectivity index (χ3n) is 9.72. The molecule has 0 aliphatic carbocycles. The van der Waals surface area contributed by atoms with Crippen molar-refractivity contribution in [2.24, 2.45) is 0 Å². The summed E-state index contributed by atoms with van der Waals surface area (Å²) in [7, 11) is 0. The third kappa shape index (κ3) is 4.22. The minimum atomic E-state index is -0.744. The zero-order valence-electron chi connectivity index (χ0n) is 41.6. The fraction of sp³-hybridized carbons (Fsp3) is 0. The van der Waals surface area contributed by atoms with Crippen molar-refractivity contribution >= 4 is 75.8 Å². The molecule has 0 fully saturated rings. The van der Waals surface area contributed by atoms with Crippen LogP contribution in [-0.4, -0.2) is 0 Å². The second-order valence-electron chi connectivity index (χ2n) is 12.4. The molecule has 0 atom stereocenters. The van der Waals surface area contributed by atoms with Gasteiger partial charge in [0.1, 0.15) is 11.2 Å². The first kappa shape index (κ1) is 17.3. The monoisotopic (exact) mass is 661 g/mol. The van der Waals surface area contributed by atoms with E-state index in [1.54, 1.807) is 6.07 Å². The molecule has 11 aromatic rings. The van der Waals surface area contributed by atoms with Gasteiger partial charge in [-0.1, -0.05) is 157 Å². The normalized spacial score (nSPS) is 16.0. The molecular formula is C50H30O. The minimum Gasteiger partial charge on any atom is -0.456 e. The predicted molar refractivity (Wildman–Crippen MR) is 218 cm³/mol. The molecule has 0 aliphatic heterocycles. The summed E-state index contributed by atoms with van der Waals surface area (Å²) in [5.41, 5.74) is 1.86. The molecule has 0 bridgehead atoms. The summed E-state index contributed by atoms with van der Waals surface area (Å²) in [6.07, 6.45) is 0. The van der Waals surface area contributed by atoms with Crippen LogP contribution in [0.2, 0.25) is 0 Å². The van der Waals surface area contributed by atoms with Crippen molar-refractivity contribution in [3.8, 4) is 33.4 Å². The Kier molecular flexibility index (Phi) is 3.70. The van der Waals surface area contributed by atoms with Crippen LogP contribution in [0.25, 0.3) is 109 Å². The van der Waals surface area contributed by atoms with Crippen molar-refractivity contribution in [3.63, 3.8) is 0 Å². The lowest BCUT2D eigenvalue weighted by Gasteiger charge is -2.21. The largest absolute Gasteiger partial charge is 0.456 e. The number of benzene rings is 10. The van der Waals surface area contributed by atoms with E-state index in [0.29, 0.717) is 33.2 Å². The van der Waals surface area contributed by atoms with Gasteiger partial charge in [-0.2, -0.15) is 0 Å². The van der Waals surface area contributed by atoms with Gasteiger partial charge in [0.15, 0.2) is 0 Å². The lowest BCUT2D eigenvalue weighted by molar-refractivity contribution is 0.669. The molecule has 1 heterocycles. The molecule has 0 N–H and O–H groups in total. The molecule has 0 saturated heterocycles. The first-order valence-corrected chi connectivity index (χ1v) is 16.4. The van der Waals surface area contributed by atoms with Crippen molar-refractivity contribution in [1.82, 2.24) is 0 Å². The number of rotatable bonds is 3. The molecule has 1 nitrogen and oxygen atoms in total. The number of furan rings is 1. The van der Waals surface area contributed by atoms with Crippen molar-refractivity contribution in [3.05, 3.63) is 182 Å². The maximum Gasteiger partial charge on any atom is 0.136 e. The highest BCUT2D eigenvalue weighted by molar-refractivity contribution is 6.24. The zero-order chi connectivity index (χ0) is 46.5. The Morgan fingerprint density at radius 2 is 1.00 bits per heavy atom. The van der Waals surface area contributed by atoms with Gasteiger partial charge in [-0.3, -0.25) is 0 Å². The summed E-state index contributed by atoms with van der Waals surface area (Å²) in [5, 5.41) is 3.45. The zero-order valence-corrected chi connectivity index (χ0v) is 26.6. The van der Waals surface area contributed by atoms with Crippen LogP contribution in [0.4, 0.5) is 0 Å². The highest BCUT2D eigenvalue weighted by Crippen LogP contribution is 2.48. The fourth-order valence-corrected chi connectivity index (χ4v) is 7.54. The van der Waals surface area contributed by atoms with Gasteiger partial charge >= 0.3 is 0 Å². The molecule has 0 radical (unpaired) electrons. The molecule has 1 heteroatoms. The van der Waals surface area contributed by atoms with Gasteiger partial charge in [0, 0.05) is 10.8 Å². The maximum absolute atomic E-state index is 9.61. The second-order valence-corrected chi connectivity index (χ2v) is 12.4. The topological polar surface area (TPSA) is 13.1 Å². The SMILES string of the molecule is [2H]c1c([2H])c([2H])c2c([2H])c(-c3c4c([2H])c([2H])c([2H])c([2H])c4c(-c4ccc5ccccc5c4-c4ccc5c(c4)oc4ccc6ccccc6c45)c4c([2H])c([2H])c([2H])c([2H])c34)c([2H])c([2H])c2c1[2H]. The molecule has 0 spiro atoms. The van der Waals surface area contributed by atoms with Crippen molar-refractivity contribution in [2.45, 2.75) is 0 Å². The molecule has 0 amide bonds. The minimum absolute atomic E-state index is 0.0195. The number of fused-ring (bicyclic) bond motifs is 9. The molecular weight excluding hydrogens is 617 g/mol. The Labute approximate surface area is 315 Å². The van der Waals surface area contributed by atoms with Gasteiger partial charge in [-0.25, -0.2) is 0 Å². The van der Waals surface area contributed by atoms with E-state index in [1.807, 2.05) is 84.9 Å². The number of hydrogen-bond acceptors (Lipinski definition) is 1. The van der Waals surface area contributed by atoms with Crippen LogP contribution < -0.4 is 0 Å². The maximum atomic E-state index is 9.61. The molecule has 236 valence electrons. The average molecular weight is 662 g/mol. The first-order chi connectivity index (χ1) is 31.5. The summed E-state index contributed by atoms with van der Waals surface area (Å²) in [4.78, 5) is 0. The van der Waals surface area contributed by atoms with E-state index in [9.17, 15) is 8.22 Å². The van der Waals surface area contributed by atoms with E-state index in [2.05, 4.69) is 0 Å². The van der Waals surface area contributed by atoms with Crippen LogP contribution >= 0.6 is 0 Å². The molecule has 0 aliphatic rings. The van der Waals surface area contributed by atoms with E-state index in [4.69, 9.17) is 16.8 Å². The third-order valence-corrected chi connectivity index (χ3v) is 9.72. The van der Waals surface area contributed by atoms with Gasteiger partial charge in [-0.15, -0.1) is 0 Å². The van der Waals surface area contributed by atoms with Crippen LogP contribution in [0, 0.1) is 0 Å². The molecule has 51 heavy (non-hydrogen) atoms. The van der Waals surface area contributed by atoms with Crippen molar-refractivity contribution < 1.29 is 25.0 Å². The highest BCUT2D eigenvalue weighted by atomic mass is 16.3. The van der Waals surface area contributed by atoms with Crippen LogP contribution in [-0.2, 0) is 0 Å². The number of hydrogen-bond donors (Lipinski definition) is 0. The lowest BCUT2D eigenvalue weighted by Crippen LogP contribution is -1.94. The lowest BCUT2D eigenvalue weighted by atomic mass is 9.82. The first-order valence-electron chi connectivity index (χ1n) is 23.9. The van der Waals surface area contributed by atoms with Crippen LogP contribution in [0.1, 0.15) is 20.6 Å². The summed E-state index contributed by atoms with van der Waals surface area (Å²) in [6, 6.07) is 18.6. The highest BCUT2D eigenvalue weighted by Gasteiger charge is 2.21.